The number of ether oxygens (including phenoxy) is 2. The Bertz CT molecular complexity index is 713. The first-order valence-corrected chi connectivity index (χ1v) is 7.98. The lowest BCUT2D eigenvalue weighted by Crippen LogP contribution is -2.40. The number of aryl methyl sites for hydroxylation is 1. The van der Waals surface area contributed by atoms with Crippen molar-refractivity contribution >= 4 is 17.6 Å². The van der Waals surface area contributed by atoms with Crippen LogP contribution < -0.4 is 4.90 Å². The van der Waals surface area contributed by atoms with E-state index in [9.17, 15) is 9.59 Å². The van der Waals surface area contributed by atoms with Gasteiger partial charge in [0, 0.05) is 5.69 Å². The first-order chi connectivity index (χ1) is 11.1. The Morgan fingerprint density at radius 3 is 2.96 bits per heavy atom. The number of hydrogen-bond donors (Lipinski definition) is 0. The van der Waals surface area contributed by atoms with Crippen molar-refractivity contribution in [3.63, 3.8) is 0 Å². The highest BCUT2D eigenvalue weighted by Crippen LogP contribution is 2.53. The van der Waals surface area contributed by atoms with Crippen molar-refractivity contribution in [2.45, 2.75) is 25.6 Å². The molecule has 2 saturated heterocycles. The maximum atomic E-state index is 13.0. The summed E-state index contributed by atoms with van der Waals surface area (Å²) >= 11 is 0. The van der Waals surface area contributed by atoms with Crippen molar-refractivity contribution in [2.75, 3.05) is 18.1 Å². The number of hydrogen-bond acceptors (Lipinski definition) is 4. The highest BCUT2D eigenvalue weighted by atomic mass is 16.6. The number of carbonyl (C=O) groups excluding carboxylic acids is 2. The van der Waals surface area contributed by atoms with Gasteiger partial charge in [-0.1, -0.05) is 30.4 Å². The molecule has 0 aromatic heterocycles. The van der Waals surface area contributed by atoms with Gasteiger partial charge in [-0.25, -0.2) is 0 Å². The normalized spacial score (nSPS) is 34.1. The molecule has 2 fully saturated rings. The molecule has 4 rings (SSSR count). The quantitative estimate of drug-likeness (QED) is 0.631. The predicted molar refractivity (Wildman–Crippen MR) is 83.9 cm³/mol. The third kappa shape index (κ3) is 1.89. The second kappa shape index (κ2) is 4.93. The van der Waals surface area contributed by atoms with E-state index >= 15 is 0 Å². The van der Waals surface area contributed by atoms with Crippen LogP contribution in [-0.4, -0.2) is 36.7 Å². The van der Waals surface area contributed by atoms with Gasteiger partial charge in [0.2, 0.25) is 5.91 Å². The molecule has 1 amide bonds. The molecule has 3 aliphatic rings. The van der Waals surface area contributed by atoms with Gasteiger partial charge in [-0.3, -0.25) is 9.59 Å². The minimum atomic E-state index is -0.693. The Labute approximate surface area is 134 Å². The van der Waals surface area contributed by atoms with E-state index in [2.05, 4.69) is 0 Å². The van der Waals surface area contributed by atoms with E-state index in [0.29, 0.717) is 13.2 Å². The lowest BCUT2D eigenvalue weighted by molar-refractivity contribution is -0.151. The van der Waals surface area contributed by atoms with Gasteiger partial charge < -0.3 is 14.4 Å². The molecule has 3 aliphatic heterocycles. The Hall–Kier alpha value is -2.14. The summed E-state index contributed by atoms with van der Waals surface area (Å²) < 4.78 is 11.2. The number of nitrogens with zero attached hydrogens (tertiary/aromatic N) is 1. The molecule has 5 nitrogen and oxygen atoms in total. The van der Waals surface area contributed by atoms with Crippen LogP contribution in [0.4, 0.5) is 5.69 Å². The van der Waals surface area contributed by atoms with Crippen molar-refractivity contribution in [1.82, 2.24) is 0 Å². The smallest absolute Gasteiger partial charge is 0.312 e. The molecule has 4 atom stereocenters. The number of fused-ring (bicyclic) bond motifs is 1. The number of esters is 1. The lowest BCUT2D eigenvalue weighted by atomic mass is 9.77. The molecule has 0 radical (unpaired) electrons. The van der Waals surface area contributed by atoms with Gasteiger partial charge in [-0.2, -0.15) is 0 Å². The third-order valence-corrected chi connectivity index (χ3v) is 5.07. The van der Waals surface area contributed by atoms with Crippen LogP contribution in [0.25, 0.3) is 0 Å². The van der Waals surface area contributed by atoms with E-state index in [1.165, 1.54) is 0 Å². The zero-order valence-corrected chi connectivity index (χ0v) is 13.2. The molecule has 0 saturated carbocycles. The number of amides is 1. The summed E-state index contributed by atoms with van der Waals surface area (Å²) in [4.78, 5) is 27.1. The lowest BCUT2D eigenvalue weighted by Gasteiger charge is -2.22. The molecule has 1 aromatic rings. The molecule has 0 N–H and O–H groups in total. The van der Waals surface area contributed by atoms with Crippen LogP contribution >= 0.6 is 0 Å². The maximum Gasteiger partial charge on any atom is 0.312 e. The van der Waals surface area contributed by atoms with Crippen molar-refractivity contribution in [1.29, 1.82) is 0 Å². The summed E-state index contributed by atoms with van der Waals surface area (Å²) in [5.74, 6) is -1.42. The highest BCUT2D eigenvalue weighted by Gasteiger charge is 2.67. The van der Waals surface area contributed by atoms with Crippen LogP contribution in [0, 0.1) is 18.8 Å². The SMILES string of the molecule is CCOC(=O)[C@@H]1[C@H]2C=C[C@@]3(CN(c4ccccc4C)C(=O)[C@@H]13)O2. The number of anilines is 1. The van der Waals surface area contributed by atoms with E-state index in [4.69, 9.17) is 9.47 Å². The van der Waals surface area contributed by atoms with Crippen LogP contribution in [-0.2, 0) is 19.1 Å². The summed E-state index contributed by atoms with van der Waals surface area (Å²) in [6, 6.07) is 7.77. The molecule has 23 heavy (non-hydrogen) atoms. The Morgan fingerprint density at radius 2 is 2.22 bits per heavy atom. The minimum absolute atomic E-state index is 0.0517. The highest BCUT2D eigenvalue weighted by molar-refractivity contribution is 6.03. The van der Waals surface area contributed by atoms with Crippen LogP contribution in [0.2, 0.25) is 0 Å². The molecule has 1 spiro atoms. The molecule has 120 valence electrons. The standard InChI is InChI=1S/C18H19NO4/c1-3-22-17(21)14-13-8-9-18(23-13)10-19(16(20)15(14)18)12-7-5-4-6-11(12)2/h4-9,13-15H,3,10H2,1-2H3/t13-,14-,15-,18+/m1/s1. The second-order valence-electron chi connectivity index (χ2n) is 6.36. The second-order valence-corrected chi connectivity index (χ2v) is 6.36. The third-order valence-electron chi connectivity index (χ3n) is 5.07. The molecule has 5 heteroatoms. The van der Waals surface area contributed by atoms with E-state index in [1.54, 1.807) is 11.8 Å². The summed E-state index contributed by atoms with van der Waals surface area (Å²) in [5.41, 5.74) is 1.22. The molecular formula is C18H19NO4. The molecule has 3 heterocycles. The number of carbonyl (C=O) groups is 2. The van der Waals surface area contributed by atoms with E-state index < -0.39 is 17.4 Å². The zero-order valence-electron chi connectivity index (χ0n) is 13.2. The molecule has 0 unspecified atom stereocenters. The number of rotatable bonds is 3. The minimum Gasteiger partial charge on any atom is -0.466 e. The van der Waals surface area contributed by atoms with Crippen molar-refractivity contribution < 1.29 is 19.1 Å². The summed E-state index contributed by atoms with van der Waals surface area (Å²) in [6.45, 7) is 4.50. The predicted octanol–water partition coefficient (Wildman–Crippen LogP) is 1.84. The molecular weight excluding hydrogens is 294 g/mol. The maximum absolute atomic E-state index is 13.0. The molecule has 0 aliphatic carbocycles. The molecule has 2 bridgehead atoms. The monoisotopic (exact) mass is 313 g/mol. The van der Waals surface area contributed by atoms with Crippen molar-refractivity contribution in [3.05, 3.63) is 42.0 Å². The number of benzene rings is 1. The average molecular weight is 313 g/mol. The van der Waals surface area contributed by atoms with E-state index in [0.717, 1.165) is 11.3 Å². The van der Waals surface area contributed by atoms with Gasteiger partial charge in [-0.15, -0.1) is 0 Å². The van der Waals surface area contributed by atoms with Crippen LogP contribution in [0.3, 0.4) is 0 Å². The van der Waals surface area contributed by atoms with Gasteiger partial charge >= 0.3 is 5.97 Å². The van der Waals surface area contributed by atoms with Gasteiger partial charge in [0.25, 0.3) is 0 Å². The fourth-order valence-corrected chi connectivity index (χ4v) is 4.08. The number of para-hydroxylation sites is 1. The Kier molecular flexibility index (Phi) is 3.10. The first-order valence-electron chi connectivity index (χ1n) is 7.98. The van der Waals surface area contributed by atoms with Crippen LogP contribution in [0.15, 0.2) is 36.4 Å². The summed E-state index contributed by atoms with van der Waals surface area (Å²) in [5, 5.41) is 0. The van der Waals surface area contributed by atoms with Gasteiger partial charge in [-0.05, 0) is 25.5 Å². The van der Waals surface area contributed by atoms with Gasteiger partial charge in [0.1, 0.15) is 11.5 Å². The first kappa shape index (κ1) is 14.5. The Morgan fingerprint density at radius 1 is 1.43 bits per heavy atom. The molecule has 1 aromatic carbocycles. The van der Waals surface area contributed by atoms with Gasteiger partial charge in [0.15, 0.2) is 0 Å². The fourth-order valence-electron chi connectivity index (χ4n) is 4.08. The van der Waals surface area contributed by atoms with E-state index in [-0.39, 0.29) is 18.0 Å². The summed E-state index contributed by atoms with van der Waals surface area (Å²) in [6.07, 6.45) is 3.50. The fraction of sp³-hybridized carbons (Fsp3) is 0.444. The average Bonchev–Trinajstić information content (AvgIpc) is 3.16. The topological polar surface area (TPSA) is 55.8 Å². The van der Waals surface area contributed by atoms with Crippen LogP contribution in [0.5, 0.6) is 0 Å². The van der Waals surface area contributed by atoms with E-state index in [1.807, 2.05) is 43.3 Å². The van der Waals surface area contributed by atoms with Crippen molar-refractivity contribution in [2.24, 2.45) is 11.8 Å². The van der Waals surface area contributed by atoms with Crippen LogP contribution in [0.1, 0.15) is 12.5 Å². The zero-order chi connectivity index (χ0) is 16.2. The summed E-state index contributed by atoms with van der Waals surface area (Å²) in [7, 11) is 0. The Balaban J connectivity index is 1.71. The van der Waals surface area contributed by atoms with Gasteiger partial charge in [0.05, 0.1) is 25.2 Å². The van der Waals surface area contributed by atoms with Crippen molar-refractivity contribution in [3.8, 4) is 0 Å². The largest absolute Gasteiger partial charge is 0.466 e.